The van der Waals surface area contributed by atoms with Crippen molar-refractivity contribution in [1.82, 2.24) is 0 Å². The fraction of sp³-hybridized carbons (Fsp3) is 0.300. The van der Waals surface area contributed by atoms with E-state index in [0.717, 1.165) is 5.56 Å². The number of rotatable bonds is 6. The fourth-order valence-electron chi connectivity index (χ4n) is 3.31. The third-order valence-corrected chi connectivity index (χ3v) is 4.73. The molecule has 1 fully saturated rings. The van der Waals surface area contributed by atoms with Crippen LogP contribution in [0.1, 0.15) is 28.3 Å². The number of carbonyl (C=O) groups excluding carboxylic acids is 1. The number of carboxylic acid groups (broad SMARTS) is 1. The molecule has 1 atom stereocenters. The molecular formula is C20H21NO6. The lowest BCUT2D eigenvalue weighted by Gasteiger charge is -2.20. The number of nitrogens with zero attached hydrogens (tertiary/aromatic N) is 1. The topological polar surface area (TPSA) is 85.3 Å². The van der Waals surface area contributed by atoms with E-state index in [0.29, 0.717) is 30.2 Å². The molecule has 0 spiro atoms. The van der Waals surface area contributed by atoms with Crippen LogP contribution in [0.15, 0.2) is 36.4 Å². The zero-order valence-electron chi connectivity index (χ0n) is 15.4. The lowest BCUT2D eigenvalue weighted by atomic mass is 9.96. The third-order valence-electron chi connectivity index (χ3n) is 4.73. The van der Waals surface area contributed by atoms with Crippen LogP contribution in [0.5, 0.6) is 17.2 Å². The number of amides is 1. The highest BCUT2D eigenvalue weighted by Crippen LogP contribution is 2.39. The van der Waals surface area contributed by atoms with Gasteiger partial charge in [0.1, 0.15) is 22.8 Å². The number of hydrogen-bond acceptors (Lipinski definition) is 5. The SMILES string of the molecule is COc1ccc(N2CC(c3ccc(C(=O)O)c(OC)c3)CC2=O)c(OC)c1. The van der Waals surface area contributed by atoms with E-state index < -0.39 is 5.97 Å². The number of anilines is 1. The molecule has 0 saturated carbocycles. The Hall–Kier alpha value is -3.22. The summed E-state index contributed by atoms with van der Waals surface area (Å²) in [5.41, 5.74) is 1.64. The van der Waals surface area contributed by atoms with Crippen molar-refractivity contribution in [3.8, 4) is 17.2 Å². The molecule has 0 radical (unpaired) electrons. The quantitative estimate of drug-likeness (QED) is 0.840. The van der Waals surface area contributed by atoms with Gasteiger partial charge in [-0.1, -0.05) is 6.07 Å². The van der Waals surface area contributed by atoms with Crippen LogP contribution in [0.4, 0.5) is 5.69 Å². The largest absolute Gasteiger partial charge is 0.497 e. The van der Waals surface area contributed by atoms with Crippen molar-refractivity contribution >= 4 is 17.6 Å². The molecule has 1 saturated heterocycles. The molecule has 3 rings (SSSR count). The van der Waals surface area contributed by atoms with Crippen LogP contribution < -0.4 is 19.1 Å². The smallest absolute Gasteiger partial charge is 0.339 e. The predicted molar refractivity (Wildman–Crippen MR) is 99.2 cm³/mol. The Balaban J connectivity index is 1.89. The Morgan fingerprint density at radius 2 is 1.78 bits per heavy atom. The third kappa shape index (κ3) is 3.53. The summed E-state index contributed by atoms with van der Waals surface area (Å²) in [6, 6.07) is 10.3. The van der Waals surface area contributed by atoms with E-state index in [4.69, 9.17) is 14.2 Å². The molecule has 2 aromatic rings. The molecule has 1 amide bonds. The van der Waals surface area contributed by atoms with Gasteiger partial charge in [-0.2, -0.15) is 0 Å². The fourth-order valence-corrected chi connectivity index (χ4v) is 3.31. The van der Waals surface area contributed by atoms with Gasteiger partial charge in [0.05, 0.1) is 27.0 Å². The number of methoxy groups -OCH3 is 3. The Kier molecular flexibility index (Phi) is 5.21. The molecule has 7 nitrogen and oxygen atoms in total. The minimum Gasteiger partial charge on any atom is -0.497 e. The maximum absolute atomic E-state index is 12.6. The molecule has 0 bridgehead atoms. The minimum absolute atomic E-state index is 0.0234. The number of hydrogen-bond donors (Lipinski definition) is 1. The van der Waals surface area contributed by atoms with Crippen molar-refractivity contribution in [3.05, 3.63) is 47.5 Å². The summed E-state index contributed by atoms with van der Waals surface area (Å²) in [6.45, 7) is 0.469. The molecule has 7 heteroatoms. The van der Waals surface area contributed by atoms with E-state index in [1.54, 1.807) is 49.5 Å². The van der Waals surface area contributed by atoms with E-state index in [1.807, 2.05) is 0 Å². The number of aromatic carboxylic acids is 1. The van der Waals surface area contributed by atoms with Gasteiger partial charge in [-0.05, 0) is 29.8 Å². The molecule has 142 valence electrons. The maximum atomic E-state index is 12.6. The van der Waals surface area contributed by atoms with Crippen LogP contribution in [-0.4, -0.2) is 44.9 Å². The Morgan fingerprint density at radius 3 is 2.41 bits per heavy atom. The standard InChI is InChI=1S/C20H21NO6/c1-25-14-5-7-16(18(10-14)27-3)21-11-13(9-19(21)22)12-4-6-15(20(23)24)17(8-12)26-2/h4-8,10,13H,9,11H2,1-3H3,(H,23,24). The van der Waals surface area contributed by atoms with Crippen LogP contribution in [0, 0.1) is 0 Å². The predicted octanol–water partition coefficient (Wildman–Crippen LogP) is 2.93. The first kappa shape index (κ1) is 18.6. The second-order valence-corrected chi connectivity index (χ2v) is 6.21. The van der Waals surface area contributed by atoms with Gasteiger partial charge >= 0.3 is 5.97 Å². The van der Waals surface area contributed by atoms with E-state index in [2.05, 4.69) is 0 Å². The summed E-state index contributed by atoms with van der Waals surface area (Å²) in [6.07, 6.45) is 0.324. The summed E-state index contributed by atoms with van der Waals surface area (Å²) < 4.78 is 15.8. The lowest BCUT2D eigenvalue weighted by Crippen LogP contribution is -2.24. The second-order valence-electron chi connectivity index (χ2n) is 6.21. The van der Waals surface area contributed by atoms with E-state index in [9.17, 15) is 14.7 Å². The molecular weight excluding hydrogens is 350 g/mol. The van der Waals surface area contributed by atoms with Gasteiger partial charge in [0.15, 0.2) is 0 Å². The highest BCUT2D eigenvalue weighted by Gasteiger charge is 2.33. The zero-order valence-corrected chi connectivity index (χ0v) is 15.4. The Bertz CT molecular complexity index is 879. The molecule has 1 aliphatic rings. The Morgan fingerprint density at radius 1 is 1.04 bits per heavy atom. The normalized spacial score (nSPS) is 16.3. The van der Waals surface area contributed by atoms with Crippen molar-refractivity contribution < 1.29 is 28.9 Å². The average molecular weight is 371 g/mol. The van der Waals surface area contributed by atoms with Crippen molar-refractivity contribution in [2.24, 2.45) is 0 Å². The zero-order chi connectivity index (χ0) is 19.6. The van der Waals surface area contributed by atoms with Gasteiger partial charge in [0.25, 0.3) is 0 Å². The van der Waals surface area contributed by atoms with Crippen molar-refractivity contribution in [2.75, 3.05) is 32.8 Å². The van der Waals surface area contributed by atoms with Crippen LogP contribution in [0.3, 0.4) is 0 Å². The summed E-state index contributed by atoms with van der Waals surface area (Å²) in [4.78, 5) is 25.6. The highest BCUT2D eigenvalue weighted by molar-refractivity contribution is 5.98. The molecule has 1 N–H and O–H groups in total. The summed E-state index contributed by atoms with van der Waals surface area (Å²) in [5.74, 6) is 0.346. The first-order valence-corrected chi connectivity index (χ1v) is 8.42. The van der Waals surface area contributed by atoms with Crippen molar-refractivity contribution in [3.63, 3.8) is 0 Å². The van der Waals surface area contributed by atoms with E-state index in [-0.39, 0.29) is 23.1 Å². The van der Waals surface area contributed by atoms with Crippen molar-refractivity contribution in [2.45, 2.75) is 12.3 Å². The molecule has 1 unspecified atom stereocenters. The molecule has 1 aliphatic heterocycles. The van der Waals surface area contributed by atoms with Crippen LogP contribution in [-0.2, 0) is 4.79 Å². The lowest BCUT2D eigenvalue weighted by molar-refractivity contribution is -0.117. The van der Waals surface area contributed by atoms with Crippen LogP contribution >= 0.6 is 0 Å². The van der Waals surface area contributed by atoms with Crippen molar-refractivity contribution in [1.29, 1.82) is 0 Å². The van der Waals surface area contributed by atoms with Gasteiger partial charge in [-0.3, -0.25) is 4.79 Å². The summed E-state index contributed by atoms with van der Waals surface area (Å²) in [7, 11) is 4.55. The van der Waals surface area contributed by atoms with Gasteiger partial charge in [0.2, 0.25) is 5.91 Å². The Labute approximate surface area is 157 Å². The van der Waals surface area contributed by atoms with E-state index in [1.165, 1.54) is 13.2 Å². The molecule has 2 aromatic carbocycles. The average Bonchev–Trinajstić information content (AvgIpc) is 3.08. The van der Waals surface area contributed by atoms with Gasteiger partial charge in [0, 0.05) is 24.9 Å². The van der Waals surface area contributed by atoms with Crippen LogP contribution in [0.25, 0.3) is 0 Å². The molecule has 27 heavy (non-hydrogen) atoms. The van der Waals surface area contributed by atoms with Crippen LogP contribution in [0.2, 0.25) is 0 Å². The van der Waals surface area contributed by atoms with Gasteiger partial charge in [-0.15, -0.1) is 0 Å². The first-order valence-electron chi connectivity index (χ1n) is 8.42. The number of benzene rings is 2. The monoisotopic (exact) mass is 371 g/mol. The molecule has 1 heterocycles. The molecule has 0 aromatic heterocycles. The summed E-state index contributed by atoms with van der Waals surface area (Å²) >= 11 is 0. The van der Waals surface area contributed by atoms with E-state index >= 15 is 0 Å². The first-order chi connectivity index (χ1) is 13.0. The number of carbonyl (C=O) groups is 2. The number of ether oxygens (including phenoxy) is 3. The molecule has 0 aliphatic carbocycles. The minimum atomic E-state index is -1.05. The maximum Gasteiger partial charge on any atom is 0.339 e. The van der Waals surface area contributed by atoms with Gasteiger partial charge in [-0.25, -0.2) is 4.79 Å². The summed E-state index contributed by atoms with van der Waals surface area (Å²) in [5, 5.41) is 9.22. The van der Waals surface area contributed by atoms with Gasteiger partial charge < -0.3 is 24.2 Å². The highest BCUT2D eigenvalue weighted by atomic mass is 16.5. The number of carboxylic acids is 1. The second kappa shape index (κ2) is 7.57.